The Morgan fingerprint density at radius 3 is 2.86 bits per heavy atom. The second-order valence-electron chi connectivity index (χ2n) is 9.99. The van der Waals surface area contributed by atoms with Crippen LogP contribution in [0.3, 0.4) is 0 Å². The molecule has 3 fully saturated rings. The average molecular weight is 478 g/mol. The van der Waals surface area contributed by atoms with E-state index in [0.29, 0.717) is 30.8 Å². The summed E-state index contributed by atoms with van der Waals surface area (Å²) in [5, 5.41) is 6.21. The van der Waals surface area contributed by atoms with Crippen molar-refractivity contribution in [1.29, 1.82) is 0 Å². The minimum atomic E-state index is -0.344. The molecule has 6 nitrogen and oxygen atoms in total. The van der Waals surface area contributed by atoms with Crippen molar-refractivity contribution in [3.05, 3.63) is 60.2 Å². The van der Waals surface area contributed by atoms with E-state index in [9.17, 15) is 14.0 Å². The normalized spacial score (nSPS) is 29.8. The molecule has 0 spiro atoms. The number of hydrogen-bond acceptors (Lipinski definition) is 4. The Morgan fingerprint density at radius 1 is 1.20 bits per heavy atom. The van der Waals surface area contributed by atoms with E-state index >= 15 is 0 Å². The van der Waals surface area contributed by atoms with E-state index in [-0.39, 0.29) is 35.8 Å². The topological polar surface area (TPSA) is 80.3 Å². The summed E-state index contributed by atoms with van der Waals surface area (Å²) in [7, 11) is 0. The third-order valence-electron chi connectivity index (χ3n) is 7.90. The van der Waals surface area contributed by atoms with Crippen LogP contribution in [0.25, 0.3) is 17.2 Å². The van der Waals surface area contributed by atoms with Crippen molar-refractivity contribution in [1.82, 2.24) is 15.6 Å². The van der Waals surface area contributed by atoms with Gasteiger partial charge in [0.2, 0.25) is 5.91 Å². The van der Waals surface area contributed by atoms with Gasteiger partial charge in [-0.25, -0.2) is 9.18 Å². The molecule has 1 aromatic heterocycles. The number of pyridine rings is 1. The first-order chi connectivity index (χ1) is 17.0. The molecule has 1 saturated heterocycles. The van der Waals surface area contributed by atoms with Gasteiger partial charge in [0.1, 0.15) is 5.82 Å². The summed E-state index contributed by atoms with van der Waals surface area (Å²) >= 11 is 0. The highest BCUT2D eigenvalue weighted by atomic mass is 19.1. The maximum atomic E-state index is 13.6. The lowest BCUT2D eigenvalue weighted by Crippen LogP contribution is -2.49. The van der Waals surface area contributed by atoms with E-state index in [4.69, 9.17) is 4.74 Å². The Labute approximate surface area is 205 Å². The standard InChI is InChI=1S/C28H32FN3O3/c1-2-35-28(34)31-22-9-10-23-19(13-22)14-26-25(15-27(33)32-26)24(23)11-8-21-7-6-18(16-30-21)17-4-3-5-20(29)12-17/h3-8,11-12,16,19,22-26H,2,9-10,13-15H2,1H3,(H,31,34)(H,32,33)/t19-,22+,23+,24-,25+,26-/m0/s1. The zero-order valence-corrected chi connectivity index (χ0v) is 20.0. The Balaban J connectivity index is 1.31. The van der Waals surface area contributed by atoms with Crippen molar-refractivity contribution < 1.29 is 18.7 Å². The summed E-state index contributed by atoms with van der Waals surface area (Å²) in [5.74, 6) is 1.36. The molecule has 1 aliphatic heterocycles. The maximum Gasteiger partial charge on any atom is 0.407 e. The molecular formula is C28H32FN3O3. The molecule has 2 aromatic rings. The number of fused-ring (bicyclic) bond motifs is 2. The van der Waals surface area contributed by atoms with Crippen molar-refractivity contribution in [2.75, 3.05) is 6.61 Å². The third-order valence-corrected chi connectivity index (χ3v) is 7.90. The Hall–Kier alpha value is -3.22. The highest BCUT2D eigenvalue weighted by Gasteiger charge is 2.49. The van der Waals surface area contributed by atoms with E-state index in [2.05, 4.69) is 27.8 Å². The van der Waals surface area contributed by atoms with Gasteiger partial charge in [-0.2, -0.15) is 0 Å². The maximum absolute atomic E-state index is 13.6. The number of allylic oxidation sites excluding steroid dienone is 1. The first kappa shape index (κ1) is 23.5. The molecule has 184 valence electrons. The van der Waals surface area contributed by atoms with Crippen LogP contribution in [-0.4, -0.2) is 35.7 Å². The van der Waals surface area contributed by atoms with E-state index in [0.717, 1.165) is 42.5 Å². The number of hydrogen-bond donors (Lipinski definition) is 2. The number of aromatic nitrogens is 1. The SMILES string of the molecule is CCOC(=O)N[C@@H]1CC[C@@H]2[C@@H](C1)C[C@@H]1NC(=O)C[C@@H]1[C@H]2C=Cc1ccc(-c2cccc(F)c2)cn1. The van der Waals surface area contributed by atoms with Gasteiger partial charge in [-0.3, -0.25) is 9.78 Å². The lowest BCUT2D eigenvalue weighted by atomic mass is 9.59. The molecule has 6 atom stereocenters. The molecule has 5 rings (SSSR count). The summed E-state index contributed by atoms with van der Waals surface area (Å²) in [5.41, 5.74) is 2.52. The number of ether oxygens (including phenoxy) is 1. The molecule has 7 heteroatoms. The fourth-order valence-electron chi connectivity index (χ4n) is 6.38. The largest absolute Gasteiger partial charge is 0.450 e. The second kappa shape index (κ2) is 10.2. The molecule has 0 radical (unpaired) electrons. The van der Waals surface area contributed by atoms with Gasteiger partial charge >= 0.3 is 6.09 Å². The minimum absolute atomic E-state index is 0.116. The molecule has 2 aliphatic carbocycles. The van der Waals surface area contributed by atoms with Gasteiger partial charge in [0, 0.05) is 30.3 Å². The molecule has 2 heterocycles. The molecular weight excluding hydrogens is 445 g/mol. The van der Waals surface area contributed by atoms with E-state index in [1.54, 1.807) is 19.2 Å². The van der Waals surface area contributed by atoms with Crippen LogP contribution in [0.5, 0.6) is 0 Å². The molecule has 0 unspecified atom stereocenters. The van der Waals surface area contributed by atoms with Gasteiger partial charge < -0.3 is 15.4 Å². The summed E-state index contributed by atoms with van der Waals surface area (Å²) in [6.07, 6.45) is 10.1. The van der Waals surface area contributed by atoms with Crippen LogP contribution in [0.15, 0.2) is 48.7 Å². The van der Waals surface area contributed by atoms with Crippen LogP contribution in [0.4, 0.5) is 9.18 Å². The molecule has 3 aliphatic rings. The number of amides is 2. The number of rotatable bonds is 5. The number of carbonyl (C=O) groups is 2. The highest BCUT2D eigenvalue weighted by Crippen LogP contribution is 2.49. The lowest BCUT2D eigenvalue weighted by Gasteiger charge is -2.47. The number of halogens is 1. The van der Waals surface area contributed by atoms with Crippen LogP contribution in [-0.2, 0) is 9.53 Å². The van der Waals surface area contributed by atoms with Crippen LogP contribution >= 0.6 is 0 Å². The van der Waals surface area contributed by atoms with E-state index in [1.807, 2.05) is 18.2 Å². The fraction of sp³-hybridized carbons (Fsp3) is 0.464. The summed E-state index contributed by atoms with van der Waals surface area (Å²) in [6.45, 7) is 2.17. The van der Waals surface area contributed by atoms with Crippen LogP contribution in [0, 0.1) is 29.5 Å². The first-order valence-electron chi connectivity index (χ1n) is 12.6. The van der Waals surface area contributed by atoms with Crippen molar-refractivity contribution in [3.63, 3.8) is 0 Å². The van der Waals surface area contributed by atoms with Gasteiger partial charge in [0.25, 0.3) is 0 Å². The Kier molecular flexibility index (Phi) is 6.84. The molecule has 0 bridgehead atoms. The number of benzene rings is 1. The predicted octanol–water partition coefficient (Wildman–Crippen LogP) is 4.96. The smallest absolute Gasteiger partial charge is 0.407 e. The van der Waals surface area contributed by atoms with Crippen molar-refractivity contribution in [3.8, 4) is 11.1 Å². The van der Waals surface area contributed by atoms with Gasteiger partial charge in [0.15, 0.2) is 0 Å². The first-order valence-corrected chi connectivity index (χ1v) is 12.6. The molecule has 1 aromatic carbocycles. The average Bonchev–Trinajstić information content (AvgIpc) is 3.22. The molecule has 2 amide bonds. The number of alkyl carbamates (subject to hydrolysis) is 1. The van der Waals surface area contributed by atoms with Crippen LogP contribution < -0.4 is 10.6 Å². The summed E-state index contributed by atoms with van der Waals surface area (Å²) in [4.78, 5) is 28.8. The van der Waals surface area contributed by atoms with E-state index in [1.165, 1.54) is 12.1 Å². The predicted molar refractivity (Wildman–Crippen MR) is 132 cm³/mol. The fourth-order valence-corrected chi connectivity index (χ4v) is 6.38. The quantitative estimate of drug-likeness (QED) is 0.638. The monoisotopic (exact) mass is 477 g/mol. The van der Waals surface area contributed by atoms with Crippen LogP contribution in [0.1, 0.15) is 44.7 Å². The molecule has 2 saturated carbocycles. The summed E-state index contributed by atoms with van der Waals surface area (Å²) < 4.78 is 18.6. The Bertz CT molecular complexity index is 1100. The zero-order chi connectivity index (χ0) is 24.4. The minimum Gasteiger partial charge on any atom is -0.450 e. The highest BCUT2D eigenvalue weighted by molar-refractivity contribution is 5.79. The van der Waals surface area contributed by atoms with Gasteiger partial charge in [-0.15, -0.1) is 0 Å². The second-order valence-corrected chi connectivity index (χ2v) is 9.99. The van der Waals surface area contributed by atoms with Gasteiger partial charge in [-0.05, 0) is 86.1 Å². The molecule has 35 heavy (non-hydrogen) atoms. The van der Waals surface area contributed by atoms with Crippen molar-refractivity contribution in [2.24, 2.45) is 23.7 Å². The number of carbonyl (C=O) groups excluding carboxylic acids is 2. The third kappa shape index (κ3) is 5.24. The van der Waals surface area contributed by atoms with E-state index < -0.39 is 0 Å². The van der Waals surface area contributed by atoms with Crippen molar-refractivity contribution in [2.45, 2.75) is 51.1 Å². The lowest BCUT2D eigenvalue weighted by molar-refractivity contribution is -0.119. The zero-order valence-electron chi connectivity index (χ0n) is 20.0. The van der Waals surface area contributed by atoms with Gasteiger partial charge in [-0.1, -0.05) is 24.3 Å². The Morgan fingerprint density at radius 2 is 2.09 bits per heavy atom. The summed E-state index contributed by atoms with van der Waals surface area (Å²) in [6, 6.07) is 10.7. The molecule has 2 N–H and O–H groups in total. The number of nitrogens with zero attached hydrogens (tertiary/aromatic N) is 1. The van der Waals surface area contributed by atoms with Crippen LogP contribution in [0.2, 0.25) is 0 Å². The van der Waals surface area contributed by atoms with Crippen molar-refractivity contribution >= 4 is 18.1 Å². The van der Waals surface area contributed by atoms with Gasteiger partial charge in [0.05, 0.1) is 12.3 Å². The number of nitrogens with one attached hydrogen (secondary N) is 2.